The van der Waals surface area contributed by atoms with Gasteiger partial charge in [-0.15, -0.1) is 0 Å². The van der Waals surface area contributed by atoms with E-state index in [-0.39, 0.29) is 11.6 Å². The van der Waals surface area contributed by atoms with Crippen LogP contribution in [0.3, 0.4) is 0 Å². The van der Waals surface area contributed by atoms with Crippen molar-refractivity contribution in [3.8, 4) is 0 Å². The highest BCUT2D eigenvalue weighted by molar-refractivity contribution is 5.00. The Hall–Kier alpha value is -0.940. The average molecular weight is 239 g/mol. The first-order valence-corrected chi connectivity index (χ1v) is 6.22. The SMILES string of the molecule is CCOC(c1noc(CC(C)(C)N)n1)C1CC1. The van der Waals surface area contributed by atoms with Gasteiger partial charge < -0.3 is 15.0 Å². The smallest absolute Gasteiger partial charge is 0.228 e. The van der Waals surface area contributed by atoms with Gasteiger partial charge in [-0.2, -0.15) is 4.98 Å². The molecule has 0 aliphatic heterocycles. The van der Waals surface area contributed by atoms with Crippen molar-refractivity contribution in [3.05, 3.63) is 11.7 Å². The molecule has 0 aromatic carbocycles. The molecule has 0 spiro atoms. The molecule has 1 heterocycles. The third-order valence-electron chi connectivity index (χ3n) is 2.74. The van der Waals surface area contributed by atoms with E-state index >= 15 is 0 Å². The standard InChI is InChI=1S/C12H21N3O2/c1-4-16-10(8-5-6-8)11-14-9(17-15-11)7-12(2,3)13/h8,10H,4-7,13H2,1-3H3. The molecule has 1 aromatic rings. The second kappa shape index (κ2) is 4.74. The van der Waals surface area contributed by atoms with E-state index in [1.165, 1.54) is 12.8 Å². The van der Waals surface area contributed by atoms with Gasteiger partial charge in [0.25, 0.3) is 0 Å². The molecule has 0 bridgehead atoms. The number of nitrogens with zero attached hydrogens (tertiary/aromatic N) is 2. The van der Waals surface area contributed by atoms with E-state index in [0.29, 0.717) is 30.7 Å². The lowest BCUT2D eigenvalue weighted by Gasteiger charge is -2.14. The highest BCUT2D eigenvalue weighted by Gasteiger charge is 2.36. The van der Waals surface area contributed by atoms with Crippen LogP contribution in [0.2, 0.25) is 0 Å². The summed E-state index contributed by atoms with van der Waals surface area (Å²) in [5, 5.41) is 4.01. The number of hydrogen-bond acceptors (Lipinski definition) is 5. The predicted octanol–water partition coefficient (Wildman–Crippen LogP) is 1.84. The number of nitrogens with two attached hydrogens (primary N) is 1. The summed E-state index contributed by atoms with van der Waals surface area (Å²) in [6, 6.07) is 0. The number of hydrogen-bond donors (Lipinski definition) is 1. The Morgan fingerprint density at radius 2 is 2.24 bits per heavy atom. The van der Waals surface area contributed by atoms with Crippen LogP contribution < -0.4 is 5.73 Å². The number of ether oxygens (including phenoxy) is 1. The van der Waals surface area contributed by atoms with Crippen LogP contribution in [0.4, 0.5) is 0 Å². The largest absolute Gasteiger partial charge is 0.370 e. The van der Waals surface area contributed by atoms with Gasteiger partial charge in [0.2, 0.25) is 11.7 Å². The van der Waals surface area contributed by atoms with E-state index < -0.39 is 0 Å². The molecule has 5 heteroatoms. The van der Waals surface area contributed by atoms with Crippen LogP contribution in [0, 0.1) is 5.92 Å². The van der Waals surface area contributed by atoms with Gasteiger partial charge in [-0.05, 0) is 39.5 Å². The van der Waals surface area contributed by atoms with Gasteiger partial charge in [0.05, 0.1) is 0 Å². The van der Waals surface area contributed by atoms with Crippen molar-refractivity contribution < 1.29 is 9.26 Å². The van der Waals surface area contributed by atoms with Gasteiger partial charge in [-0.3, -0.25) is 0 Å². The van der Waals surface area contributed by atoms with Crippen molar-refractivity contribution in [1.29, 1.82) is 0 Å². The monoisotopic (exact) mass is 239 g/mol. The van der Waals surface area contributed by atoms with E-state index in [2.05, 4.69) is 10.1 Å². The Bertz CT molecular complexity index is 366. The van der Waals surface area contributed by atoms with Gasteiger partial charge >= 0.3 is 0 Å². The predicted molar refractivity (Wildman–Crippen MR) is 63.4 cm³/mol. The molecule has 17 heavy (non-hydrogen) atoms. The summed E-state index contributed by atoms with van der Waals surface area (Å²) in [5.74, 6) is 1.83. The average Bonchev–Trinajstić information content (AvgIpc) is 2.95. The van der Waals surface area contributed by atoms with Crippen LogP contribution in [0.25, 0.3) is 0 Å². The summed E-state index contributed by atoms with van der Waals surface area (Å²) in [7, 11) is 0. The molecule has 2 rings (SSSR count). The minimum Gasteiger partial charge on any atom is -0.370 e. The lowest BCUT2D eigenvalue weighted by molar-refractivity contribution is 0.0384. The van der Waals surface area contributed by atoms with Gasteiger partial charge in [0.15, 0.2) is 0 Å². The third-order valence-corrected chi connectivity index (χ3v) is 2.74. The summed E-state index contributed by atoms with van der Waals surface area (Å²) >= 11 is 0. The van der Waals surface area contributed by atoms with Crippen molar-refractivity contribution in [1.82, 2.24) is 10.1 Å². The second-order valence-electron chi connectivity index (χ2n) is 5.43. The molecule has 5 nitrogen and oxygen atoms in total. The molecule has 1 unspecified atom stereocenters. The molecule has 1 saturated carbocycles. The fourth-order valence-electron chi connectivity index (χ4n) is 1.85. The van der Waals surface area contributed by atoms with Crippen LogP contribution in [0.1, 0.15) is 51.4 Å². The zero-order valence-electron chi connectivity index (χ0n) is 10.8. The Balaban J connectivity index is 2.05. The Morgan fingerprint density at radius 3 is 2.76 bits per heavy atom. The Morgan fingerprint density at radius 1 is 1.53 bits per heavy atom. The third kappa shape index (κ3) is 3.51. The molecule has 0 radical (unpaired) electrons. The summed E-state index contributed by atoms with van der Waals surface area (Å²) in [4.78, 5) is 4.39. The highest BCUT2D eigenvalue weighted by Crippen LogP contribution is 2.42. The summed E-state index contributed by atoms with van der Waals surface area (Å²) in [5.41, 5.74) is 5.60. The van der Waals surface area contributed by atoms with Crippen molar-refractivity contribution in [2.75, 3.05) is 6.61 Å². The molecule has 1 aliphatic rings. The lowest BCUT2D eigenvalue weighted by atomic mass is 10.0. The number of aromatic nitrogens is 2. The Labute approximate surface area is 102 Å². The second-order valence-corrected chi connectivity index (χ2v) is 5.43. The minimum absolute atomic E-state index is 0.00149. The van der Waals surface area contributed by atoms with Gasteiger partial charge in [0.1, 0.15) is 6.10 Å². The molecular weight excluding hydrogens is 218 g/mol. The van der Waals surface area contributed by atoms with Crippen LogP contribution in [0.15, 0.2) is 4.52 Å². The van der Waals surface area contributed by atoms with Crippen LogP contribution in [0.5, 0.6) is 0 Å². The zero-order chi connectivity index (χ0) is 12.5. The fraction of sp³-hybridized carbons (Fsp3) is 0.833. The minimum atomic E-state index is -0.329. The fourth-order valence-corrected chi connectivity index (χ4v) is 1.85. The van der Waals surface area contributed by atoms with Crippen molar-refractivity contribution in [3.63, 3.8) is 0 Å². The summed E-state index contributed by atoms with van der Waals surface area (Å²) in [6.45, 7) is 6.54. The van der Waals surface area contributed by atoms with Crippen LogP contribution in [-0.4, -0.2) is 22.3 Å². The zero-order valence-corrected chi connectivity index (χ0v) is 10.8. The maximum atomic E-state index is 5.92. The van der Waals surface area contributed by atoms with E-state index in [1.807, 2.05) is 20.8 Å². The molecule has 0 amide bonds. The maximum Gasteiger partial charge on any atom is 0.228 e. The molecule has 0 saturated heterocycles. The van der Waals surface area contributed by atoms with Crippen LogP contribution >= 0.6 is 0 Å². The van der Waals surface area contributed by atoms with E-state index in [0.717, 1.165) is 0 Å². The summed E-state index contributed by atoms with van der Waals surface area (Å²) in [6.07, 6.45) is 2.97. The molecule has 1 fully saturated rings. The van der Waals surface area contributed by atoms with Crippen molar-refractivity contribution in [2.45, 2.75) is 51.7 Å². The van der Waals surface area contributed by atoms with E-state index in [9.17, 15) is 0 Å². The van der Waals surface area contributed by atoms with Gasteiger partial charge in [-0.1, -0.05) is 5.16 Å². The lowest BCUT2D eigenvalue weighted by Crippen LogP contribution is -2.34. The normalized spacial score (nSPS) is 18.4. The van der Waals surface area contributed by atoms with E-state index in [4.69, 9.17) is 15.0 Å². The quantitative estimate of drug-likeness (QED) is 0.819. The van der Waals surface area contributed by atoms with Gasteiger partial charge in [0, 0.05) is 18.6 Å². The molecule has 2 N–H and O–H groups in total. The first-order chi connectivity index (χ1) is 7.99. The number of rotatable bonds is 6. The topological polar surface area (TPSA) is 74.2 Å². The van der Waals surface area contributed by atoms with E-state index in [1.54, 1.807) is 0 Å². The van der Waals surface area contributed by atoms with Crippen molar-refractivity contribution >= 4 is 0 Å². The molecule has 1 aromatic heterocycles. The van der Waals surface area contributed by atoms with Crippen molar-refractivity contribution in [2.24, 2.45) is 11.7 Å². The molecule has 96 valence electrons. The van der Waals surface area contributed by atoms with Crippen LogP contribution in [-0.2, 0) is 11.2 Å². The first-order valence-electron chi connectivity index (χ1n) is 6.22. The Kier molecular flexibility index (Phi) is 3.49. The maximum absolute atomic E-state index is 5.92. The molecule has 1 aliphatic carbocycles. The molecular formula is C12H21N3O2. The first kappa shape index (κ1) is 12.5. The highest BCUT2D eigenvalue weighted by atomic mass is 16.5. The summed E-state index contributed by atoms with van der Waals surface area (Å²) < 4.78 is 10.9. The van der Waals surface area contributed by atoms with Gasteiger partial charge in [-0.25, -0.2) is 0 Å². The molecule has 1 atom stereocenters.